The van der Waals surface area contributed by atoms with Gasteiger partial charge in [-0.2, -0.15) is 0 Å². The fourth-order valence-electron chi connectivity index (χ4n) is 5.49. The molecule has 1 atom stereocenters. The molecule has 176 valence electrons. The minimum Gasteiger partial charge on any atom is -0.350 e. The van der Waals surface area contributed by atoms with Gasteiger partial charge in [0, 0.05) is 22.7 Å². The summed E-state index contributed by atoms with van der Waals surface area (Å²) >= 11 is 0. The molecule has 0 bridgehead atoms. The number of hydrogen-bond donors (Lipinski definition) is 2. The van der Waals surface area contributed by atoms with Gasteiger partial charge in [0.2, 0.25) is 0 Å². The van der Waals surface area contributed by atoms with Crippen molar-refractivity contribution in [1.82, 2.24) is 10.6 Å². The van der Waals surface area contributed by atoms with Crippen molar-refractivity contribution in [2.24, 2.45) is 5.92 Å². The molecule has 2 N–H and O–H groups in total. The van der Waals surface area contributed by atoms with Crippen molar-refractivity contribution in [3.63, 3.8) is 0 Å². The van der Waals surface area contributed by atoms with Crippen molar-refractivity contribution in [1.29, 1.82) is 0 Å². The molecule has 0 aromatic heterocycles. The SMILES string of the molecule is CC(C)NC(=O)c1ccc2c(c1)CCC(C(C)(C)NC(=O)c1cccc3c1CCCCC3)C2. The second kappa shape index (κ2) is 9.70. The van der Waals surface area contributed by atoms with E-state index in [1.165, 1.54) is 35.1 Å². The van der Waals surface area contributed by atoms with E-state index in [1.807, 2.05) is 38.1 Å². The molecule has 0 saturated carbocycles. The molecule has 33 heavy (non-hydrogen) atoms. The molecule has 2 aliphatic carbocycles. The quantitative estimate of drug-likeness (QED) is 0.604. The van der Waals surface area contributed by atoms with E-state index in [0.29, 0.717) is 5.92 Å². The molecular weight excluding hydrogens is 408 g/mol. The largest absolute Gasteiger partial charge is 0.350 e. The van der Waals surface area contributed by atoms with Gasteiger partial charge in [-0.25, -0.2) is 0 Å². The Hall–Kier alpha value is -2.62. The van der Waals surface area contributed by atoms with Gasteiger partial charge in [0.15, 0.2) is 0 Å². The van der Waals surface area contributed by atoms with Crippen LogP contribution in [0.2, 0.25) is 0 Å². The van der Waals surface area contributed by atoms with Gasteiger partial charge in [0.25, 0.3) is 11.8 Å². The average Bonchev–Trinajstić information content (AvgIpc) is 3.03. The molecule has 2 amide bonds. The van der Waals surface area contributed by atoms with Crippen molar-refractivity contribution in [3.05, 3.63) is 69.8 Å². The first kappa shape index (κ1) is 23.5. The van der Waals surface area contributed by atoms with Crippen LogP contribution in [0.1, 0.15) is 96.3 Å². The fraction of sp³-hybridized carbons (Fsp3) is 0.517. The van der Waals surface area contributed by atoms with E-state index >= 15 is 0 Å². The monoisotopic (exact) mass is 446 g/mol. The Labute approximate surface area is 198 Å². The maximum Gasteiger partial charge on any atom is 0.251 e. The molecule has 0 spiro atoms. The lowest BCUT2D eigenvalue weighted by Gasteiger charge is -2.38. The number of hydrogen-bond acceptors (Lipinski definition) is 2. The lowest BCUT2D eigenvalue weighted by atomic mass is 9.74. The van der Waals surface area contributed by atoms with Gasteiger partial charge in [0.1, 0.15) is 0 Å². The molecule has 2 aromatic rings. The number of rotatable bonds is 5. The molecule has 4 rings (SSSR count). The maximum absolute atomic E-state index is 13.4. The normalized spacial score (nSPS) is 18.2. The summed E-state index contributed by atoms with van der Waals surface area (Å²) in [4.78, 5) is 25.8. The summed E-state index contributed by atoms with van der Waals surface area (Å²) in [5.41, 5.74) is 6.45. The zero-order valence-corrected chi connectivity index (χ0v) is 20.6. The van der Waals surface area contributed by atoms with Crippen LogP contribution in [0.15, 0.2) is 36.4 Å². The molecule has 0 heterocycles. The van der Waals surface area contributed by atoms with Gasteiger partial charge >= 0.3 is 0 Å². The Morgan fingerprint density at radius 1 is 0.909 bits per heavy atom. The lowest BCUT2D eigenvalue weighted by Crippen LogP contribution is -2.51. The van der Waals surface area contributed by atoms with Gasteiger partial charge in [-0.15, -0.1) is 0 Å². The highest BCUT2D eigenvalue weighted by Crippen LogP contribution is 2.34. The van der Waals surface area contributed by atoms with Gasteiger partial charge in [-0.1, -0.05) is 24.6 Å². The summed E-state index contributed by atoms with van der Waals surface area (Å²) in [6.07, 6.45) is 8.55. The second-order valence-electron chi connectivity index (χ2n) is 10.7. The van der Waals surface area contributed by atoms with E-state index in [9.17, 15) is 9.59 Å². The highest BCUT2D eigenvalue weighted by molar-refractivity contribution is 5.96. The fourth-order valence-corrected chi connectivity index (χ4v) is 5.49. The molecule has 0 aliphatic heterocycles. The van der Waals surface area contributed by atoms with Crippen molar-refractivity contribution in [2.45, 2.75) is 90.6 Å². The van der Waals surface area contributed by atoms with Gasteiger partial charge in [-0.3, -0.25) is 9.59 Å². The third kappa shape index (κ3) is 5.31. The Kier molecular flexibility index (Phi) is 6.92. The molecule has 2 aliphatic rings. The Morgan fingerprint density at radius 3 is 2.48 bits per heavy atom. The van der Waals surface area contributed by atoms with Crippen LogP contribution in [0, 0.1) is 5.92 Å². The molecule has 4 heteroatoms. The Morgan fingerprint density at radius 2 is 1.70 bits per heavy atom. The summed E-state index contributed by atoms with van der Waals surface area (Å²) in [7, 11) is 0. The predicted octanol–water partition coefficient (Wildman–Crippen LogP) is 5.41. The maximum atomic E-state index is 13.4. The number of carbonyl (C=O) groups is 2. The first-order chi connectivity index (χ1) is 15.7. The summed E-state index contributed by atoms with van der Waals surface area (Å²) in [6, 6.07) is 12.4. The third-order valence-corrected chi connectivity index (χ3v) is 7.46. The van der Waals surface area contributed by atoms with Crippen molar-refractivity contribution in [3.8, 4) is 0 Å². The van der Waals surface area contributed by atoms with E-state index in [4.69, 9.17) is 0 Å². The number of nitrogens with one attached hydrogen (secondary N) is 2. The summed E-state index contributed by atoms with van der Waals surface area (Å²) < 4.78 is 0. The lowest BCUT2D eigenvalue weighted by molar-refractivity contribution is 0.0869. The predicted molar refractivity (Wildman–Crippen MR) is 134 cm³/mol. The minimum atomic E-state index is -0.310. The topological polar surface area (TPSA) is 58.2 Å². The third-order valence-electron chi connectivity index (χ3n) is 7.46. The number of amides is 2. The molecule has 0 radical (unpaired) electrons. The number of fused-ring (bicyclic) bond motifs is 2. The molecule has 1 unspecified atom stereocenters. The highest BCUT2D eigenvalue weighted by Gasteiger charge is 2.34. The van der Waals surface area contributed by atoms with Crippen molar-refractivity contribution in [2.75, 3.05) is 0 Å². The first-order valence-corrected chi connectivity index (χ1v) is 12.6. The van der Waals surface area contributed by atoms with Crippen LogP contribution in [0.5, 0.6) is 0 Å². The van der Waals surface area contributed by atoms with Crippen LogP contribution < -0.4 is 10.6 Å². The first-order valence-electron chi connectivity index (χ1n) is 12.6. The van der Waals surface area contributed by atoms with Crippen LogP contribution in [0.4, 0.5) is 0 Å². The van der Waals surface area contributed by atoms with Crippen molar-refractivity contribution >= 4 is 11.8 Å². The molecule has 0 fully saturated rings. The number of benzene rings is 2. The Balaban J connectivity index is 1.47. The minimum absolute atomic E-state index is 0.00971. The van der Waals surface area contributed by atoms with E-state index in [1.54, 1.807) is 0 Å². The molecule has 4 nitrogen and oxygen atoms in total. The second-order valence-corrected chi connectivity index (χ2v) is 10.7. The van der Waals surface area contributed by atoms with E-state index in [-0.39, 0.29) is 23.4 Å². The zero-order valence-electron chi connectivity index (χ0n) is 20.6. The van der Waals surface area contributed by atoms with Crippen LogP contribution in [0.3, 0.4) is 0 Å². The Bertz CT molecular complexity index is 1040. The van der Waals surface area contributed by atoms with Gasteiger partial charge < -0.3 is 10.6 Å². The average molecular weight is 447 g/mol. The van der Waals surface area contributed by atoms with E-state index in [0.717, 1.165) is 49.7 Å². The number of carbonyl (C=O) groups excluding carboxylic acids is 2. The van der Waals surface area contributed by atoms with Gasteiger partial charge in [0.05, 0.1) is 0 Å². The zero-order chi connectivity index (χ0) is 23.6. The van der Waals surface area contributed by atoms with Crippen LogP contribution in [0.25, 0.3) is 0 Å². The molecule has 2 aromatic carbocycles. The molecular formula is C29H38N2O2. The van der Waals surface area contributed by atoms with E-state index in [2.05, 4.69) is 36.6 Å². The number of aryl methyl sites for hydroxylation is 2. The standard InChI is InChI=1S/C29H38N2O2/c1-19(2)30-27(32)23-14-13-22-18-24(16-15-21(22)17-23)29(3,4)31-28(33)26-12-8-10-20-9-6-5-7-11-25(20)26/h8,10,12-14,17,19,24H,5-7,9,11,15-16,18H2,1-4H3,(H,30,32)(H,31,33). The molecule has 0 saturated heterocycles. The van der Waals surface area contributed by atoms with Gasteiger partial charge in [-0.05, 0) is 119 Å². The smallest absolute Gasteiger partial charge is 0.251 e. The van der Waals surface area contributed by atoms with Crippen LogP contribution in [-0.4, -0.2) is 23.4 Å². The van der Waals surface area contributed by atoms with Crippen molar-refractivity contribution < 1.29 is 9.59 Å². The van der Waals surface area contributed by atoms with Crippen LogP contribution in [-0.2, 0) is 25.7 Å². The highest BCUT2D eigenvalue weighted by atomic mass is 16.2. The van der Waals surface area contributed by atoms with Crippen LogP contribution >= 0.6 is 0 Å². The summed E-state index contributed by atoms with van der Waals surface area (Å²) in [5.74, 6) is 0.404. The van der Waals surface area contributed by atoms with E-state index < -0.39 is 0 Å². The summed E-state index contributed by atoms with van der Waals surface area (Å²) in [6.45, 7) is 8.27. The summed E-state index contributed by atoms with van der Waals surface area (Å²) in [5, 5.41) is 6.37.